The maximum absolute atomic E-state index is 12.7. The molecule has 160 valence electrons. The first kappa shape index (κ1) is 22.5. The lowest BCUT2D eigenvalue weighted by Crippen LogP contribution is -2.23. The first-order valence-corrected chi connectivity index (χ1v) is 9.03. The van der Waals surface area contributed by atoms with Crippen molar-refractivity contribution in [1.82, 2.24) is 0 Å². The third-order valence-electron chi connectivity index (χ3n) is 3.96. The molecule has 0 aliphatic heterocycles. The van der Waals surface area contributed by atoms with Crippen LogP contribution in [0.25, 0.3) is 0 Å². The summed E-state index contributed by atoms with van der Waals surface area (Å²) in [6, 6.07) is 9.13. The fourth-order valence-corrected chi connectivity index (χ4v) is 2.65. The fourth-order valence-electron chi connectivity index (χ4n) is 2.65. The molecule has 0 amide bonds. The number of nitro groups is 1. The Morgan fingerprint density at radius 1 is 1.13 bits per heavy atom. The quantitative estimate of drug-likeness (QED) is 0.235. The lowest BCUT2D eigenvalue weighted by molar-refractivity contribution is -0.386. The van der Waals surface area contributed by atoms with E-state index >= 15 is 0 Å². The van der Waals surface area contributed by atoms with Crippen LogP contribution >= 0.6 is 0 Å². The molecule has 0 saturated carbocycles. The fraction of sp³-hybridized carbons (Fsp3) is 0.286. The van der Waals surface area contributed by atoms with Gasteiger partial charge in [-0.2, -0.15) is 0 Å². The number of para-hydroxylation sites is 2. The van der Waals surface area contributed by atoms with E-state index in [0.29, 0.717) is 5.75 Å². The minimum absolute atomic E-state index is 0.0466. The minimum Gasteiger partial charge on any atom is -0.493 e. The van der Waals surface area contributed by atoms with E-state index in [1.165, 1.54) is 26.4 Å². The molecule has 0 heterocycles. The molecule has 0 saturated heterocycles. The average Bonchev–Trinajstić information content (AvgIpc) is 2.75. The summed E-state index contributed by atoms with van der Waals surface area (Å²) >= 11 is 0. The van der Waals surface area contributed by atoms with Crippen LogP contribution in [0.15, 0.2) is 49.1 Å². The topological polar surface area (TPSA) is 106 Å². The molecule has 0 radical (unpaired) electrons. The van der Waals surface area contributed by atoms with Gasteiger partial charge in [0, 0.05) is 0 Å². The second-order valence-electron chi connectivity index (χ2n) is 5.82. The van der Waals surface area contributed by atoms with E-state index in [0.717, 1.165) is 0 Å². The highest BCUT2D eigenvalue weighted by Gasteiger charge is 2.34. The van der Waals surface area contributed by atoms with E-state index in [9.17, 15) is 14.9 Å². The van der Waals surface area contributed by atoms with Gasteiger partial charge in [-0.15, -0.1) is 0 Å². The molecular weight excluding hydrogens is 394 g/mol. The summed E-state index contributed by atoms with van der Waals surface area (Å²) in [5.41, 5.74) is -0.426. The molecule has 0 aliphatic carbocycles. The van der Waals surface area contributed by atoms with Gasteiger partial charge in [0.15, 0.2) is 23.0 Å². The van der Waals surface area contributed by atoms with Gasteiger partial charge in [0.1, 0.15) is 6.61 Å². The zero-order valence-corrected chi connectivity index (χ0v) is 17.0. The van der Waals surface area contributed by atoms with Crippen molar-refractivity contribution in [3.05, 3.63) is 64.7 Å². The molecule has 0 aliphatic rings. The second kappa shape index (κ2) is 10.7. The molecule has 0 N–H and O–H groups in total. The lowest BCUT2D eigenvalue weighted by Gasteiger charge is -2.20. The van der Waals surface area contributed by atoms with Gasteiger partial charge >= 0.3 is 5.97 Å². The number of carbonyl (C=O) groups excluding carboxylic acids is 1. The van der Waals surface area contributed by atoms with Crippen molar-refractivity contribution >= 4 is 11.7 Å². The summed E-state index contributed by atoms with van der Waals surface area (Å²) in [7, 11) is 2.74. The van der Waals surface area contributed by atoms with Crippen molar-refractivity contribution in [2.45, 2.75) is 13.0 Å². The molecule has 9 nitrogen and oxygen atoms in total. The Labute approximate surface area is 173 Å². The molecular formula is C21H23NO8. The summed E-state index contributed by atoms with van der Waals surface area (Å²) in [4.78, 5) is 23.8. The Bertz CT molecular complexity index is 912. The van der Waals surface area contributed by atoms with Crippen molar-refractivity contribution in [3.8, 4) is 23.0 Å². The number of ether oxygens (including phenoxy) is 5. The minimum atomic E-state index is -1.45. The molecule has 0 spiro atoms. The molecule has 0 bridgehead atoms. The van der Waals surface area contributed by atoms with Crippen LogP contribution in [0.3, 0.4) is 0 Å². The van der Waals surface area contributed by atoms with Crippen molar-refractivity contribution < 1.29 is 33.4 Å². The van der Waals surface area contributed by atoms with Crippen LogP contribution in [-0.4, -0.2) is 38.3 Å². The Morgan fingerprint density at radius 2 is 1.77 bits per heavy atom. The summed E-state index contributed by atoms with van der Waals surface area (Å²) < 4.78 is 26.9. The van der Waals surface area contributed by atoms with E-state index in [1.54, 1.807) is 37.3 Å². The number of carbonyl (C=O) groups is 1. The number of rotatable bonds is 11. The molecule has 0 fully saturated rings. The van der Waals surface area contributed by atoms with Gasteiger partial charge < -0.3 is 23.7 Å². The van der Waals surface area contributed by atoms with E-state index in [-0.39, 0.29) is 41.7 Å². The Balaban J connectivity index is 2.60. The highest BCUT2D eigenvalue weighted by molar-refractivity contribution is 5.79. The van der Waals surface area contributed by atoms with E-state index in [2.05, 4.69) is 6.58 Å². The number of esters is 1. The lowest BCUT2D eigenvalue weighted by atomic mass is 10.1. The van der Waals surface area contributed by atoms with E-state index in [4.69, 9.17) is 23.7 Å². The largest absolute Gasteiger partial charge is 0.493 e. The molecule has 0 aromatic heterocycles. The van der Waals surface area contributed by atoms with Gasteiger partial charge in [0.25, 0.3) is 5.69 Å². The maximum Gasteiger partial charge on any atom is 0.352 e. The van der Waals surface area contributed by atoms with Crippen LogP contribution in [0.1, 0.15) is 18.6 Å². The number of hydrogen-bond donors (Lipinski definition) is 0. The van der Waals surface area contributed by atoms with Crippen LogP contribution in [0.2, 0.25) is 0 Å². The molecule has 2 rings (SSSR count). The standard InChI is InChI=1S/C21H23NO8/c1-5-11-29-16-9-7-8-10-17(16)30-20(21(23)28-6-2)14-12-18(26-3)19(27-4)13-15(14)22(24)25/h5,7-10,12-13,20H,1,6,11H2,2-4H3. The number of nitrogens with zero attached hydrogens (tertiary/aromatic N) is 1. The summed E-state index contributed by atoms with van der Waals surface area (Å²) in [6.07, 6.45) is 0.109. The van der Waals surface area contributed by atoms with Gasteiger partial charge in [0.05, 0.1) is 37.4 Å². The Kier molecular flexibility index (Phi) is 8.04. The van der Waals surface area contributed by atoms with Gasteiger partial charge in [-0.05, 0) is 25.1 Å². The van der Waals surface area contributed by atoms with Crippen molar-refractivity contribution in [3.63, 3.8) is 0 Å². The Hall–Kier alpha value is -3.75. The highest BCUT2D eigenvalue weighted by Crippen LogP contribution is 2.40. The van der Waals surface area contributed by atoms with Crippen LogP contribution in [0.4, 0.5) is 5.69 Å². The average molecular weight is 417 g/mol. The number of hydrogen-bond acceptors (Lipinski definition) is 8. The maximum atomic E-state index is 12.7. The van der Waals surface area contributed by atoms with Gasteiger partial charge in [0.2, 0.25) is 6.10 Å². The normalized spacial score (nSPS) is 11.2. The zero-order chi connectivity index (χ0) is 22.1. The van der Waals surface area contributed by atoms with Gasteiger partial charge in [-0.3, -0.25) is 10.1 Å². The van der Waals surface area contributed by atoms with Gasteiger partial charge in [-0.1, -0.05) is 24.8 Å². The second-order valence-corrected chi connectivity index (χ2v) is 5.82. The predicted octanol–water partition coefficient (Wildman–Crippen LogP) is 3.86. The molecule has 9 heteroatoms. The molecule has 1 unspecified atom stereocenters. The van der Waals surface area contributed by atoms with Crippen molar-refractivity contribution in [1.29, 1.82) is 0 Å². The van der Waals surface area contributed by atoms with Crippen LogP contribution in [0, 0.1) is 10.1 Å². The Morgan fingerprint density at radius 3 is 2.33 bits per heavy atom. The van der Waals surface area contributed by atoms with Crippen molar-refractivity contribution in [2.75, 3.05) is 27.4 Å². The molecule has 1 atom stereocenters. The monoisotopic (exact) mass is 417 g/mol. The van der Waals surface area contributed by atoms with Crippen molar-refractivity contribution in [2.24, 2.45) is 0 Å². The SMILES string of the molecule is C=CCOc1ccccc1OC(C(=O)OCC)c1cc(OC)c(OC)cc1[N+](=O)[O-]. The smallest absolute Gasteiger partial charge is 0.352 e. The molecule has 2 aromatic carbocycles. The van der Waals surface area contributed by atoms with Crippen LogP contribution < -0.4 is 18.9 Å². The first-order valence-electron chi connectivity index (χ1n) is 9.03. The number of methoxy groups -OCH3 is 2. The summed E-state index contributed by atoms with van der Waals surface area (Å²) in [5.74, 6) is 0.0973. The van der Waals surface area contributed by atoms with E-state index in [1.807, 2.05) is 0 Å². The third-order valence-corrected chi connectivity index (χ3v) is 3.96. The number of benzene rings is 2. The third kappa shape index (κ3) is 5.19. The summed E-state index contributed by atoms with van der Waals surface area (Å²) in [5, 5.41) is 11.7. The predicted molar refractivity (Wildman–Crippen MR) is 108 cm³/mol. The van der Waals surface area contributed by atoms with Crippen LogP contribution in [-0.2, 0) is 9.53 Å². The molecule has 30 heavy (non-hydrogen) atoms. The first-order chi connectivity index (χ1) is 14.5. The van der Waals surface area contributed by atoms with Crippen LogP contribution in [0.5, 0.6) is 23.0 Å². The molecule has 2 aromatic rings. The summed E-state index contributed by atoms with van der Waals surface area (Å²) in [6.45, 7) is 5.49. The number of nitro benzene ring substituents is 1. The highest BCUT2D eigenvalue weighted by atomic mass is 16.6. The zero-order valence-electron chi connectivity index (χ0n) is 17.0. The van der Waals surface area contributed by atoms with E-state index < -0.39 is 17.0 Å². The van der Waals surface area contributed by atoms with Gasteiger partial charge in [-0.25, -0.2) is 4.79 Å².